The van der Waals surface area contributed by atoms with Gasteiger partial charge in [-0.2, -0.15) is 0 Å². The molecule has 1 heterocycles. The number of carbonyl (C=O) groups is 2. The third kappa shape index (κ3) is 5.58. The van der Waals surface area contributed by atoms with E-state index in [0.29, 0.717) is 12.2 Å². The van der Waals surface area contributed by atoms with E-state index in [-0.39, 0.29) is 17.8 Å². The van der Waals surface area contributed by atoms with Crippen LogP contribution in [-0.2, 0) is 16.1 Å². The summed E-state index contributed by atoms with van der Waals surface area (Å²) in [6, 6.07) is 13.1. The zero-order valence-electron chi connectivity index (χ0n) is 16.9. The van der Waals surface area contributed by atoms with Gasteiger partial charge in [-0.3, -0.25) is 9.69 Å². The summed E-state index contributed by atoms with van der Waals surface area (Å²) in [5, 5.41) is 3.81. The van der Waals surface area contributed by atoms with Gasteiger partial charge in [-0.1, -0.05) is 29.8 Å². The van der Waals surface area contributed by atoms with Crippen LogP contribution in [-0.4, -0.2) is 36.5 Å². The standard InChI is InChI=1S/C23H27ClN2O3/c1-3-29-23(28)18-8-9-21(16(2)14-18)25-22(27)17-10-12-26(13-11-17)15-19-6-4-5-7-20(19)24/h4-9,14,17H,3,10-13,15H2,1-2H3,(H,25,27). The maximum absolute atomic E-state index is 12.7. The molecule has 1 fully saturated rings. The zero-order chi connectivity index (χ0) is 20.8. The number of rotatable bonds is 6. The van der Waals surface area contributed by atoms with Crippen LogP contribution in [0.15, 0.2) is 42.5 Å². The number of anilines is 1. The van der Waals surface area contributed by atoms with E-state index in [2.05, 4.69) is 10.2 Å². The van der Waals surface area contributed by atoms with E-state index in [1.165, 1.54) is 0 Å². The lowest BCUT2D eigenvalue weighted by Gasteiger charge is -2.31. The van der Waals surface area contributed by atoms with Crippen molar-refractivity contribution in [2.45, 2.75) is 33.2 Å². The molecule has 154 valence electrons. The Morgan fingerprint density at radius 1 is 1.17 bits per heavy atom. The molecule has 0 aliphatic carbocycles. The summed E-state index contributed by atoms with van der Waals surface area (Å²) in [4.78, 5) is 26.9. The fraction of sp³-hybridized carbons (Fsp3) is 0.391. The van der Waals surface area contributed by atoms with Crippen LogP contribution in [0.1, 0.15) is 41.3 Å². The van der Waals surface area contributed by atoms with E-state index in [1.54, 1.807) is 25.1 Å². The van der Waals surface area contributed by atoms with E-state index >= 15 is 0 Å². The SMILES string of the molecule is CCOC(=O)c1ccc(NC(=O)C2CCN(Cc3ccccc3Cl)CC2)c(C)c1. The van der Waals surface area contributed by atoms with Crippen molar-refractivity contribution in [1.82, 2.24) is 4.90 Å². The minimum atomic E-state index is -0.348. The predicted octanol–water partition coefficient (Wildman–Crippen LogP) is 4.68. The number of likely N-dealkylation sites (tertiary alicyclic amines) is 1. The highest BCUT2D eigenvalue weighted by Gasteiger charge is 2.25. The molecule has 0 spiro atoms. The molecule has 0 atom stereocenters. The number of aryl methyl sites for hydroxylation is 1. The smallest absolute Gasteiger partial charge is 0.338 e. The number of esters is 1. The van der Waals surface area contributed by atoms with Gasteiger partial charge in [-0.25, -0.2) is 4.79 Å². The van der Waals surface area contributed by atoms with Gasteiger partial charge in [0.15, 0.2) is 0 Å². The zero-order valence-corrected chi connectivity index (χ0v) is 17.7. The second-order valence-corrected chi connectivity index (χ2v) is 7.79. The van der Waals surface area contributed by atoms with Gasteiger partial charge < -0.3 is 10.1 Å². The van der Waals surface area contributed by atoms with Crippen molar-refractivity contribution in [3.63, 3.8) is 0 Å². The number of nitrogens with zero attached hydrogens (tertiary/aromatic N) is 1. The highest BCUT2D eigenvalue weighted by Crippen LogP contribution is 2.24. The lowest BCUT2D eigenvalue weighted by Crippen LogP contribution is -2.37. The molecule has 3 rings (SSSR count). The van der Waals surface area contributed by atoms with Crippen LogP contribution >= 0.6 is 11.6 Å². The van der Waals surface area contributed by atoms with Crippen LogP contribution in [0.3, 0.4) is 0 Å². The van der Waals surface area contributed by atoms with E-state index in [1.807, 2.05) is 31.2 Å². The van der Waals surface area contributed by atoms with Crippen molar-refractivity contribution in [3.05, 3.63) is 64.2 Å². The molecule has 0 unspecified atom stereocenters. The fourth-order valence-corrected chi connectivity index (χ4v) is 3.80. The van der Waals surface area contributed by atoms with Crippen molar-refractivity contribution in [1.29, 1.82) is 0 Å². The number of nitrogens with one attached hydrogen (secondary N) is 1. The molecule has 0 aromatic heterocycles. The Labute approximate surface area is 177 Å². The minimum absolute atomic E-state index is 0.0124. The van der Waals surface area contributed by atoms with Gasteiger partial charge in [-0.15, -0.1) is 0 Å². The molecule has 1 aliphatic heterocycles. The maximum atomic E-state index is 12.7. The monoisotopic (exact) mass is 414 g/mol. The minimum Gasteiger partial charge on any atom is -0.462 e. The Morgan fingerprint density at radius 2 is 1.90 bits per heavy atom. The molecule has 2 aromatic carbocycles. The molecule has 0 radical (unpaired) electrons. The number of amides is 1. The van der Waals surface area contributed by atoms with Crippen molar-refractivity contribution >= 4 is 29.2 Å². The van der Waals surface area contributed by atoms with Gasteiger partial charge in [0.25, 0.3) is 0 Å². The van der Waals surface area contributed by atoms with Gasteiger partial charge in [0.2, 0.25) is 5.91 Å². The first-order chi connectivity index (χ1) is 14.0. The Balaban J connectivity index is 1.53. The molecule has 0 saturated carbocycles. The number of benzene rings is 2. The summed E-state index contributed by atoms with van der Waals surface area (Å²) in [5.74, 6) is -0.324. The highest BCUT2D eigenvalue weighted by atomic mass is 35.5. The summed E-state index contributed by atoms with van der Waals surface area (Å²) in [6.07, 6.45) is 1.63. The molecule has 2 aromatic rings. The van der Waals surface area contributed by atoms with Crippen molar-refractivity contribution in [2.75, 3.05) is 25.0 Å². The molecule has 0 bridgehead atoms. The molecule has 1 N–H and O–H groups in total. The van der Waals surface area contributed by atoms with Gasteiger partial charge in [-0.05, 0) is 75.2 Å². The molecule has 29 heavy (non-hydrogen) atoms. The summed E-state index contributed by atoms with van der Waals surface area (Å²) < 4.78 is 5.02. The molecule has 1 saturated heterocycles. The second-order valence-electron chi connectivity index (χ2n) is 7.38. The van der Waals surface area contributed by atoms with Crippen molar-refractivity contribution in [3.8, 4) is 0 Å². The first-order valence-corrected chi connectivity index (χ1v) is 10.4. The lowest BCUT2D eigenvalue weighted by molar-refractivity contribution is -0.121. The van der Waals surface area contributed by atoms with Gasteiger partial charge in [0.1, 0.15) is 0 Å². The van der Waals surface area contributed by atoms with Gasteiger partial charge >= 0.3 is 5.97 Å². The Kier molecular flexibility index (Phi) is 7.29. The quantitative estimate of drug-likeness (QED) is 0.697. The summed E-state index contributed by atoms with van der Waals surface area (Å²) in [6.45, 7) is 6.53. The molecule has 6 heteroatoms. The number of carbonyl (C=O) groups excluding carboxylic acids is 2. The number of hydrogen-bond donors (Lipinski definition) is 1. The van der Waals surface area contributed by atoms with Crippen LogP contribution < -0.4 is 5.32 Å². The fourth-order valence-electron chi connectivity index (χ4n) is 3.60. The first kappa shape index (κ1) is 21.3. The number of hydrogen-bond acceptors (Lipinski definition) is 4. The number of halogens is 1. The molecule has 1 aliphatic rings. The largest absolute Gasteiger partial charge is 0.462 e. The van der Waals surface area contributed by atoms with Crippen molar-refractivity contribution < 1.29 is 14.3 Å². The number of ether oxygens (including phenoxy) is 1. The third-order valence-corrected chi connectivity index (χ3v) is 5.67. The van der Waals surface area contributed by atoms with Crippen molar-refractivity contribution in [2.24, 2.45) is 5.92 Å². The van der Waals surface area contributed by atoms with Gasteiger partial charge in [0.05, 0.1) is 12.2 Å². The Bertz CT molecular complexity index is 876. The third-order valence-electron chi connectivity index (χ3n) is 5.31. The van der Waals surface area contributed by atoms with Crippen LogP contribution in [0.4, 0.5) is 5.69 Å². The van der Waals surface area contributed by atoms with Crippen LogP contribution in [0.2, 0.25) is 5.02 Å². The van der Waals surface area contributed by atoms with Gasteiger partial charge in [0, 0.05) is 23.2 Å². The topological polar surface area (TPSA) is 58.6 Å². The van der Waals surface area contributed by atoms with E-state index in [0.717, 1.165) is 54.3 Å². The van der Waals surface area contributed by atoms with E-state index in [9.17, 15) is 9.59 Å². The van der Waals surface area contributed by atoms with Crippen LogP contribution in [0.5, 0.6) is 0 Å². The normalized spacial score (nSPS) is 15.1. The predicted molar refractivity (Wildman–Crippen MR) is 115 cm³/mol. The maximum Gasteiger partial charge on any atom is 0.338 e. The van der Waals surface area contributed by atoms with Crippen LogP contribution in [0.25, 0.3) is 0 Å². The highest BCUT2D eigenvalue weighted by molar-refractivity contribution is 6.31. The Morgan fingerprint density at radius 3 is 2.55 bits per heavy atom. The van der Waals surface area contributed by atoms with E-state index < -0.39 is 0 Å². The van der Waals surface area contributed by atoms with Crippen LogP contribution in [0, 0.1) is 12.8 Å². The first-order valence-electron chi connectivity index (χ1n) is 10.0. The summed E-state index contributed by atoms with van der Waals surface area (Å²) in [7, 11) is 0. The average molecular weight is 415 g/mol. The summed E-state index contributed by atoms with van der Waals surface area (Å²) >= 11 is 6.26. The molecule has 1 amide bonds. The molecule has 5 nitrogen and oxygen atoms in total. The van der Waals surface area contributed by atoms with E-state index in [4.69, 9.17) is 16.3 Å². The molecular weight excluding hydrogens is 388 g/mol. The average Bonchev–Trinajstić information content (AvgIpc) is 2.72. The number of piperidine rings is 1. The molecular formula is C23H27ClN2O3. The summed E-state index contributed by atoms with van der Waals surface area (Å²) in [5.41, 5.74) is 3.20. The second kappa shape index (κ2) is 9.90. The lowest BCUT2D eigenvalue weighted by atomic mass is 9.95. The Hall–Kier alpha value is -2.37.